The smallest absolute Gasteiger partial charge is 0.0383 e. The Morgan fingerprint density at radius 1 is 0.464 bits per heavy atom. The van der Waals surface area contributed by atoms with E-state index in [4.69, 9.17) is 0 Å². The van der Waals surface area contributed by atoms with Gasteiger partial charge in [0.1, 0.15) is 0 Å². The lowest BCUT2D eigenvalue weighted by atomic mass is 9.75. The van der Waals surface area contributed by atoms with Gasteiger partial charge in [0.15, 0.2) is 0 Å². The average molecular weight is 395 g/mol. The molecule has 0 aromatic carbocycles. The minimum Gasteiger partial charge on any atom is -0.0654 e. The van der Waals surface area contributed by atoms with E-state index in [0.717, 1.165) is 41.4 Å². The molecule has 0 aromatic heterocycles. The predicted octanol–water partition coefficient (Wildman–Crippen LogP) is 10.2. The second-order valence-corrected chi connectivity index (χ2v) is 10.8. The molecule has 0 amide bonds. The Hall–Kier alpha value is 0. The first kappa shape index (κ1) is 28.0. The van der Waals surface area contributed by atoms with Crippen LogP contribution in [0.3, 0.4) is 0 Å². The fourth-order valence-corrected chi connectivity index (χ4v) is 4.88. The highest BCUT2D eigenvalue weighted by Crippen LogP contribution is 2.34. The van der Waals surface area contributed by atoms with Gasteiger partial charge in [-0.05, 0) is 54.3 Å². The number of rotatable bonds is 18. The monoisotopic (exact) mass is 394 g/mol. The summed E-state index contributed by atoms with van der Waals surface area (Å²) >= 11 is 0. The van der Waals surface area contributed by atoms with Gasteiger partial charge in [0.05, 0.1) is 0 Å². The molecule has 170 valence electrons. The molecule has 0 fully saturated rings. The van der Waals surface area contributed by atoms with Crippen LogP contribution >= 0.6 is 0 Å². The van der Waals surface area contributed by atoms with E-state index in [2.05, 4.69) is 62.3 Å². The lowest BCUT2D eigenvalue weighted by molar-refractivity contribution is 0.201. The van der Waals surface area contributed by atoms with Gasteiger partial charge in [0.25, 0.3) is 0 Å². The van der Waals surface area contributed by atoms with Crippen molar-refractivity contribution >= 4 is 0 Å². The average Bonchev–Trinajstić information content (AvgIpc) is 2.68. The third-order valence-electron chi connectivity index (χ3n) is 8.28. The van der Waals surface area contributed by atoms with Crippen molar-refractivity contribution in [3.8, 4) is 0 Å². The second-order valence-electron chi connectivity index (χ2n) is 10.8. The molecule has 0 saturated carbocycles. The third-order valence-corrected chi connectivity index (χ3v) is 8.28. The molecule has 28 heavy (non-hydrogen) atoms. The molecule has 0 rings (SSSR count). The van der Waals surface area contributed by atoms with Gasteiger partial charge in [-0.1, -0.05) is 127 Å². The fourth-order valence-electron chi connectivity index (χ4n) is 4.88. The molecular formula is C28H58. The van der Waals surface area contributed by atoms with Crippen LogP contribution in [0.25, 0.3) is 0 Å². The van der Waals surface area contributed by atoms with E-state index in [1.54, 1.807) is 0 Å². The van der Waals surface area contributed by atoms with Crippen molar-refractivity contribution < 1.29 is 0 Å². The van der Waals surface area contributed by atoms with Crippen molar-refractivity contribution in [3.05, 3.63) is 0 Å². The largest absolute Gasteiger partial charge is 0.0654 e. The number of hydrogen-bond donors (Lipinski definition) is 0. The van der Waals surface area contributed by atoms with Crippen LogP contribution in [0.5, 0.6) is 0 Å². The second kappa shape index (κ2) is 16.8. The van der Waals surface area contributed by atoms with Gasteiger partial charge in [0, 0.05) is 0 Å². The maximum atomic E-state index is 2.54. The van der Waals surface area contributed by atoms with Crippen molar-refractivity contribution in [2.75, 3.05) is 0 Å². The zero-order valence-corrected chi connectivity index (χ0v) is 21.5. The van der Waals surface area contributed by atoms with Crippen LogP contribution in [-0.4, -0.2) is 0 Å². The number of hydrogen-bond acceptors (Lipinski definition) is 0. The molecule has 0 heteroatoms. The SMILES string of the molecule is CCCC(C)C(C)CCCCCCC(C)C(C)CC(CC(C)CC)C(C)CC. The predicted molar refractivity (Wildman–Crippen MR) is 131 cm³/mol. The zero-order valence-electron chi connectivity index (χ0n) is 21.5. The van der Waals surface area contributed by atoms with E-state index in [9.17, 15) is 0 Å². The standard InChI is InChI=1S/C28H58/c1-10-17-24(6)25(7)18-15-13-14-16-19-26(8)27(9)21-28(23(5)12-3)20-22(4)11-2/h22-28H,10-21H2,1-9H3. The molecule has 7 atom stereocenters. The topological polar surface area (TPSA) is 0 Å². The van der Waals surface area contributed by atoms with Gasteiger partial charge in [-0.15, -0.1) is 0 Å². The van der Waals surface area contributed by atoms with Crippen LogP contribution < -0.4 is 0 Å². The summed E-state index contributed by atoms with van der Waals surface area (Å²) in [5.41, 5.74) is 0. The van der Waals surface area contributed by atoms with Crippen LogP contribution in [0.4, 0.5) is 0 Å². The van der Waals surface area contributed by atoms with Crippen molar-refractivity contribution in [1.29, 1.82) is 0 Å². The van der Waals surface area contributed by atoms with E-state index in [0.29, 0.717) is 0 Å². The molecule has 0 saturated heterocycles. The van der Waals surface area contributed by atoms with Crippen molar-refractivity contribution in [1.82, 2.24) is 0 Å². The summed E-state index contributed by atoms with van der Waals surface area (Å²) in [6.07, 6.45) is 17.0. The van der Waals surface area contributed by atoms with E-state index < -0.39 is 0 Å². The fraction of sp³-hybridized carbons (Fsp3) is 1.00. The van der Waals surface area contributed by atoms with Crippen molar-refractivity contribution in [2.24, 2.45) is 41.4 Å². The molecule has 0 aliphatic heterocycles. The Morgan fingerprint density at radius 2 is 0.964 bits per heavy atom. The normalized spacial score (nSPS) is 19.6. The quantitative estimate of drug-likeness (QED) is 0.203. The van der Waals surface area contributed by atoms with Crippen molar-refractivity contribution in [3.63, 3.8) is 0 Å². The molecule has 0 aromatic rings. The highest BCUT2D eigenvalue weighted by molar-refractivity contribution is 4.74. The van der Waals surface area contributed by atoms with Crippen LogP contribution in [0, 0.1) is 41.4 Å². The van der Waals surface area contributed by atoms with Gasteiger partial charge in [-0.25, -0.2) is 0 Å². The summed E-state index contributed by atoms with van der Waals surface area (Å²) in [4.78, 5) is 0. The lowest BCUT2D eigenvalue weighted by Crippen LogP contribution is -2.20. The minimum atomic E-state index is 0.887. The summed E-state index contributed by atoms with van der Waals surface area (Å²) in [6, 6.07) is 0. The van der Waals surface area contributed by atoms with E-state index >= 15 is 0 Å². The van der Waals surface area contributed by atoms with Crippen LogP contribution in [0.15, 0.2) is 0 Å². The van der Waals surface area contributed by atoms with Gasteiger partial charge >= 0.3 is 0 Å². The molecule has 0 spiro atoms. The molecule has 0 nitrogen and oxygen atoms in total. The first-order valence-electron chi connectivity index (χ1n) is 13.3. The third kappa shape index (κ3) is 12.5. The summed E-state index contributed by atoms with van der Waals surface area (Å²) in [5, 5.41) is 0. The first-order valence-corrected chi connectivity index (χ1v) is 13.3. The van der Waals surface area contributed by atoms with E-state index in [1.807, 2.05) is 0 Å². The van der Waals surface area contributed by atoms with Crippen LogP contribution in [0.2, 0.25) is 0 Å². The molecule has 0 N–H and O–H groups in total. The highest BCUT2D eigenvalue weighted by atomic mass is 14.3. The summed E-state index contributed by atoms with van der Waals surface area (Å²) < 4.78 is 0. The summed E-state index contributed by atoms with van der Waals surface area (Å²) in [6.45, 7) is 22.0. The van der Waals surface area contributed by atoms with Gasteiger partial charge in [-0.3, -0.25) is 0 Å². The Bertz CT molecular complexity index is 333. The summed E-state index contributed by atoms with van der Waals surface area (Å²) in [7, 11) is 0. The van der Waals surface area contributed by atoms with E-state index in [-0.39, 0.29) is 0 Å². The van der Waals surface area contributed by atoms with Gasteiger partial charge in [0.2, 0.25) is 0 Å². The molecule has 7 unspecified atom stereocenters. The Kier molecular flexibility index (Phi) is 16.8. The molecule has 0 bridgehead atoms. The molecular weight excluding hydrogens is 336 g/mol. The zero-order chi connectivity index (χ0) is 21.5. The van der Waals surface area contributed by atoms with E-state index in [1.165, 1.54) is 77.0 Å². The molecule has 0 aliphatic rings. The van der Waals surface area contributed by atoms with Crippen molar-refractivity contribution in [2.45, 2.75) is 139 Å². The number of unbranched alkanes of at least 4 members (excludes halogenated alkanes) is 3. The van der Waals surface area contributed by atoms with Crippen LogP contribution in [-0.2, 0) is 0 Å². The lowest BCUT2D eigenvalue weighted by Gasteiger charge is -2.31. The Morgan fingerprint density at radius 3 is 1.43 bits per heavy atom. The van der Waals surface area contributed by atoms with Gasteiger partial charge in [-0.2, -0.15) is 0 Å². The highest BCUT2D eigenvalue weighted by Gasteiger charge is 2.23. The molecule has 0 radical (unpaired) electrons. The maximum absolute atomic E-state index is 2.54. The Balaban J connectivity index is 4.08. The summed E-state index contributed by atoms with van der Waals surface area (Å²) in [5.74, 6) is 6.33. The maximum Gasteiger partial charge on any atom is -0.0383 e. The van der Waals surface area contributed by atoms with Gasteiger partial charge < -0.3 is 0 Å². The Labute approximate surface area is 181 Å². The van der Waals surface area contributed by atoms with Crippen LogP contribution in [0.1, 0.15) is 139 Å². The minimum absolute atomic E-state index is 0.887. The molecule has 0 aliphatic carbocycles. The molecule has 0 heterocycles. The first-order chi connectivity index (χ1) is 13.3.